The molecule has 104 valence electrons. The summed E-state index contributed by atoms with van der Waals surface area (Å²) in [5.41, 5.74) is -0.284. The number of carbonyl (C=O) groups excluding carboxylic acids is 1. The lowest BCUT2D eigenvalue weighted by Crippen LogP contribution is -2.38. The van der Waals surface area contributed by atoms with Crippen LogP contribution in [0.5, 0.6) is 0 Å². The second-order valence-electron chi connectivity index (χ2n) is 4.78. The number of nitrogens with one attached hydrogen (secondary N) is 1. The first-order valence-electron chi connectivity index (χ1n) is 6.19. The number of amides is 1. The van der Waals surface area contributed by atoms with E-state index in [1.165, 1.54) is 22.5 Å². The van der Waals surface area contributed by atoms with E-state index >= 15 is 0 Å². The lowest BCUT2D eigenvalue weighted by atomic mass is 10.1. The molecule has 0 saturated carbocycles. The molecule has 1 atom stereocenters. The molecular formula is C12H17N3O3S. The maximum absolute atomic E-state index is 12.1. The molecule has 2 N–H and O–H groups in total. The minimum atomic E-state index is -0.621. The van der Waals surface area contributed by atoms with Crippen molar-refractivity contribution < 1.29 is 9.90 Å². The number of carbonyl (C=O) groups is 1. The van der Waals surface area contributed by atoms with Crippen molar-refractivity contribution in [3.63, 3.8) is 0 Å². The molecule has 2 heterocycles. The summed E-state index contributed by atoms with van der Waals surface area (Å²) in [5, 5.41) is 12.8. The van der Waals surface area contributed by atoms with Crippen molar-refractivity contribution in [1.29, 1.82) is 0 Å². The number of fused-ring (bicyclic) bond motifs is 1. The topological polar surface area (TPSA) is 84.2 Å². The molecular weight excluding hydrogens is 266 g/mol. The lowest BCUT2D eigenvalue weighted by molar-refractivity contribution is 0.0869. The van der Waals surface area contributed by atoms with Gasteiger partial charge in [-0.3, -0.25) is 14.2 Å². The van der Waals surface area contributed by atoms with Gasteiger partial charge in [-0.05, 0) is 5.92 Å². The highest BCUT2D eigenvalue weighted by Crippen LogP contribution is 2.20. The number of nitrogens with zero attached hydrogens (tertiary/aromatic N) is 2. The van der Waals surface area contributed by atoms with Crippen LogP contribution >= 0.6 is 11.8 Å². The van der Waals surface area contributed by atoms with E-state index in [4.69, 9.17) is 0 Å². The molecule has 0 radical (unpaired) electrons. The Morgan fingerprint density at radius 3 is 3.05 bits per heavy atom. The standard InChI is InChI=1S/C12H17N3O3S/c1-7(2)9(16)6-13-10(17)8-5-14-12-15(11(8)18)3-4-19-12/h5,7,9,16H,3-4,6H2,1-2H3,(H,13,17). The van der Waals surface area contributed by atoms with Gasteiger partial charge in [0.15, 0.2) is 5.16 Å². The van der Waals surface area contributed by atoms with Crippen molar-refractivity contribution in [1.82, 2.24) is 14.9 Å². The van der Waals surface area contributed by atoms with Crippen LogP contribution in [0.1, 0.15) is 24.2 Å². The first-order valence-corrected chi connectivity index (χ1v) is 7.18. The van der Waals surface area contributed by atoms with Gasteiger partial charge in [0, 0.05) is 25.0 Å². The third-order valence-electron chi connectivity index (χ3n) is 3.04. The Labute approximate surface area is 115 Å². The van der Waals surface area contributed by atoms with Crippen molar-refractivity contribution >= 4 is 17.7 Å². The third kappa shape index (κ3) is 2.98. The molecule has 1 aliphatic heterocycles. The fourth-order valence-electron chi connectivity index (χ4n) is 1.70. The zero-order valence-corrected chi connectivity index (χ0v) is 11.7. The van der Waals surface area contributed by atoms with E-state index in [1.54, 1.807) is 0 Å². The zero-order valence-electron chi connectivity index (χ0n) is 10.9. The van der Waals surface area contributed by atoms with Crippen LogP contribution in [0.4, 0.5) is 0 Å². The Bertz CT molecular complexity index is 542. The number of hydrogen-bond donors (Lipinski definition) is 2. The smallest absolute Gasteiger partial charge is 0.267 e. The van der Waals surface area contributed by atoms with Crippen LogP contribution in [0.15, 0.2) is 16.1 Å². The van der Waals surface area contributed by atoms with E-state index in [-0.39, 0.29) is 23.6 Å². The average molecular weight is 283 g/mol. The van der Waals surface area contributed by atoms with E-state index < -0.39 is 12.0 Å². The van der Waals surface area contributed by atoms with Crippen LogP contribution in [0.2, 0.25) is 0 Å². The summed E-state index contributed by atoms with van der Waals surface area (Å²) in [6.45, 7) is 4.44. The summed E-state index contributed by atoms with van der Waals surface area (Å²) in [7, 11) is 0. The van der Waals surface area contributed by atoms with Gasteiger partial charge in [-0.25, -0.2) is 4.98 Å². The van der Waals surface area contributed by atoms with Crippen molar-refractivity contribution in [2.75, 3.05) is 12.3 Å². The Balaban J connectivity index is 2.10. The molecule has 1 unspecified atom stereocenters. The summed E-state index contributed by atoms with van der Waals surface area (Å²) in [6.07, 6.45) is 0.688. The molecule has 0 aromatic carbocycles. The number of aliphatic hydroxyl groups excluding tert-OH is 1. The Hall–Kier alpha value is -1.34. The maximum Gasteiger partial charge on any atom is 0.267 e. The largest absolute Gasteiger partial charge is 0.391 e. The van der Waals surface area contributed by atoms with Gasteiger partial charge >= 0.3 is 0 Å². The van der Waals surface area contributed by atoms with Gasteiger partial charge in [-0.15, -0.1) is 0 Å². The molecule has 1 aromatic heterocycles. The third-order valence-corrected chi connectivity index (χ3v) is 4.01. The van der Waals surface area contributed by atoms with Gasteiger partial charge in [0.05, 0.1) is 6.10 Å². The highest BCUT2D eigenvalue weighted by molar-refractivity contribution is 7.99. The van der Waals surface area contributed by atoms with Crippen LogP contribution < -0.4 is 10.9 Å². The monoisotopic (exact) mass is 283 g/mol. The first-order chi connectivity index (χ1) is 9.00. The molecule has 6 nitrogen and oxygen atoms in total. The average Bonchev–Trinajstić information content (AvgIpc) is 2.85. The van der Waals surface area contributed by atoms with E-state index in [0.29, 0.717) is 11.7 Å². The molecule has 1 amide bonds. The van der Waals surface area contributed by atoms with Crippen molar-refractivity contribution in [3.05, 3.63) is 22.1 Å². The molecule has 19 heavy (non-hydrogen) atoms. The molecule has 0 saturated heterocycles. The number of hydrogen-bond acceptors (Lipinski definition) is 5. The number of aromatic nitrogens is 2. The molecule has 2 rings (SSSR count). The van der Waals surface area contributed by atoms with Gasteiger partial charge in [-0.2, -0.15) is 0 Å². The lowest BCUT2D eigenvalue weighted by Gasteiger charge is -2.15. The van der Waals surface area contributed by atoms with Crippen LogP contribution in [-0.2, 0) is 6.54 Å². The second kappa shape index (κ2) is 5.75. The normalized spacial score (nSPS) is 15.4. The van der Waals surface area contributed by atoms with Gasteiger partial charge in [0.2, 0.25) is 0 Å². The molecule has 0 aliphatic carbocycles. The number of thioether (sulfide) groups is 1. The van der Waals surface area contributed by atoms with Gasteiger partial charge < -0.3 is 10.4 Å². The predicted molar refractivity (Wildman–Crippen MR) is 72.4 cm³/mol. The van der Waals surface area contributed by atoms with Crippen LogP contribution in [0, 0.1) is 5.92 Å². The Morgan fingerprint density at radius 1 is 1.63 bits per heavy atom. The van der Waals surface area contributed by atoms with Gasteiger partial charge in [0.25, 0.3) is 11.5 Å². The van der Waals surface area contributed by atoms with Crippen molar-refractivity contribution in [2.45, 2.75) is 31.7 Å². The second-order valence-corrected chi connectivity index (χ2v) is 5.84. The van der Waals surface area contributed by atoms with Gasteiger partial charge in [0.1, 0.15) is 5.56 Å². The van der Waals surface area contributed by atoms with Crippen molar-refractivity contribution in [2.24, 2.45) is 5.92 Å². The van der Waals surface area contributed by atoms with Gasteiger partial charge in [-0.1, -0.05) is 25.6 Å². The SMILES string of the molecule is CC(C)C(O)CNC(=O)c1cnc2n(c1=O)CCS2. The minimum absolute atomic E-state index is 0.0298. The summed E-state index contributed by atoms with van der Waals surface area (Å²) >= 11 is 1.50. The quantitative estimate of drug-likeness (QED) is 0.765. The molecule has 0 fully saturated rings. The highest BCUT2D eigenvalue weighted by Gasteiger charge is 2.20. The molecule has 7 heteroatoms. The Kier molecular flexibility index (Phi) is 4.26. The van der Waals surface area contributed by atoms with E-state index in [9.17, 15) is 14.7 Å². The summed E-state index contributed by atoms with van der Waals surface area (Å²) < 4.78 is 1.51. The first kappa shape index (κ1) is 14.1. The van der Waals surface area contributed by atoms with Crippen molar-refractivity contribution in [3.8, 4) is 0 Å². The fourth-order valence-corrected chi connectivity index (χ4v) is 2.62. The zero-order chi connectivity index (χ0) is 14.0. The number of rotatable bonds is 4. The summed E-state index contributed by atoms with van der Waals surface area (Å²) in [4.78, 5) is 28.1. The molecule has 0 bridgehead atoms. The van der Waals surface area contributed by atoms with E-state index in [1.807, 2.05) is 13.8 Å². The maximum atomic E-state index is 12.1. The predicted octanol–water partition coefficient (Wildman–Crippen LogP) is 0.0957. The summed E-state index contributed by atoms with van der Waals surface area (Å²) in [6, 6.07) is 0. The fraction of sp³-hybridized carbons (Fsp3) is 0.583. The van der Waals surface area contributed by atoms with Crippen LogP contribution in [0.3, 0.4) is 0 Å². The summed E-state index contributed by atoms with van der Waals surface area (Å²) in [5.74, 6) is 0.375. The molecule has 1 aliphatic rings. The van der Waals surface area contributed by atoms with E-state index in [2.05, 4.69) is 10.3 Å². The molecule has 1 aromatic rings. The Morgan fingerprint density at radius 2 is 2.37 bits per heavy atom. The van der Waals surface area contributed by atoms with Crippen LogP contribution in [-0.4, -0.2) is 39.0 Å². The highest BCUT2D eigenvalue weighted by atomic mass is 32.2. The van der Waals surface area contributed by atoms with Crippen LogP contribution in [0.25, 0.3) is 0 Å². The number of aliphatic hydroxyl groups is 1. The minimum Gasteiger partial charge on any atom is -0.391 e. The molecule has 0 spiro atoms. The van der Waals surface area contributed by atoms with E-state index in [0.717, 1.165) is 5.75 Å².